The van der Waals surface area contributed by atoms with Crippen molar-refractivity contribution >= 4 is 56.3 Å². The molecule has 0 atom stereocenters. The molecule has 1 amide bonds. The van der Waals surface area contributed by atoms with Gasteiger partial charge in [-0.2, -0.15) is 5.26 Å². The Hall–Kier alpha value is -4.83. The molecule has 0 radical (unpaired) electrons. The zero-order valence-corrected chi connectivity index (χ0v) is 19.0. The van der Waals surface area contributed by atoms with Crippen molar-refractivity contribution in [2.75, 3.05) is 5.32 Å². The number of nitrogens with zero attached hydrogens (tertiary/aromatic N) is 3. The van der Waals surface area contributed by atoms with E-state index in [1.165, 1.54) is 6.08 Å². The fourth-order valence-electron chi connectivity index (χ4n) is 4.64. The first-order valence-electron chi connectivity index (χ1n) is 11.2. The van der Waals surface area contributed by atoms with E-state index in [4.69, 9.17) is 0 Å². The van der Waals surface area contributed by atoms with Crippen LogP contribution in [0.3, 0.4) is 0 Å². The summed E-state index contributed by atoms with van der Waals surface area (Å²) in [6.45, 7) is 2.71. The summed E-state index contributed by atoms with van der Waals surface area (Å²) in [7, 11) is 0. The van der Waals surface area contributed by atoms with Gasteiger partial charge >= 0.3 is 5.97 Å². The maximum absolute atomic E-state index is 13.0. The van der Waals surface area contributed by atoms with Gasteiger partial charge in [-0.05, 0) is 43.3 Å². The minimum atomic E-state index is -0.973. The predicted molar refractivity (Wildman–Crippen MR) is 137 cm³/mol. The fourth-order valence-corrected chi connectivity index (χ4v) is 4.64. The highest BCUT2D eigenvalue weighted by molar-refractivity contribution is 6.13. The summed E-state index contributed by atoms with van der Waals surface area (Å²) >= 11 is 0. The zero-order valence-electron chi connectivity index (χ0n) is 19.0. The predicted octanol–water partition coefficient (Wildman–Crippen LogP) is 5.40. The number of carbonyl (C=O) groups is 2. The molecule has 172 valence electrons. The molecule has 2 heterocycles. The number of aromatic nitrogens is 2. The maximum atomic E-state index is 13.0. The molecule has 2 aromatic heterocycles. The van der Waals surface area contributed by atoms with Crippen molar-refractivity contribution in [3.05, 3.63) is 84.1 Å². The monoisotopic (exact) mass is 462 g/mol. The Balaban J connectivity index is 1.50. The molecule has 5 rings (SSSR count). The molecule has 0 aliphatic rings. The van der Waals surface area contributed by atoms with Gasteiger partial charge in [0.2, 0.25) is 0 Å². The van der Waals surface area contributed by atoms with Crippen LogP contribution >= 0.6 is 0 Å². The minimum absolute atomic E-state index is 0.0701. The Bertz CT molecular complexity index is 1700. The Kier molecular flexibility index (Phi) is 5.55. The number of amides is 1. The third kappa shape index (κ3) is 3.91. The lowest BCUT2D eigenvalue weighted by Crippen LogP contribution is -2.13. The molecule has 0 aliphatic carbocycles. The molecular weight excluding hydrogens is 440 g/mol. The molecule has 0 saturated carbocycles. The summed E-state index contributed by atoms with van der Waals surface area (Å²) in [5, 5.41) is 24.7. The number of carbonyl (C=O) groups excluding carboxylic acids is 1. The molecule has 0 unspecified atom stereocenters. The van der Waals surface area contributed by atoms with Crippen LogP contribution in [-0.4, -0.2) is 26.1 Å². The second-order valence-corrected chi connectivity index (χ2v) is 8.24. The summed E-state index contributed by atoms with van der Waals surface area (Å²) in [5.74, 6) is -1.50. The Morgan fingerprint density at radius 1 is 0.971 bits per heavy atom. The molecule has 0 spiro atoms. The average Bonchev–Trinajstić information content (AvgIpc) is 3.37. The van der Waals surface area contributed by atoms with Gasteiger partial charge in [0, 0.05) is 56.7 Å². The third-order valence-electron chi connectivity index (χ3n) is 6.14. The standard InChI is InChI=1S/C28H22N4O3/c1-2-32-25-10-6-4-8-22(25)23-14-20(11-12-26(23)32)30-28(35)18(15-29)13-19-16-31(17-27(33)34)24-9-5-3-7-21(19)24/h3-14,16H,2,17H2,1H3,(H,30,35)(H,33,34)/b18-13+. The lowest BCUT2D eigenvalue weighted by atomic mass is 10.1. The van der Waals surface area contributed by atoms with Gasteiger partial charge in [0.15, 0.2) is 0 Å². The summed E-state index contributed by atoms with van der Waals surface area (Å²) in [5.41, 5.74) is 4.06. The van der Waals surface area contributed by atoms with E-state index in [1.807, 2.05) is 60.7 Å². The van der Waals surface area contributed by atoms with Crippen LogP contribution in [0.25, 0.3) is 38.8 Å². The van der Waals surface area contributed by atoms with E-state index in [1.54, 1.807) is 10.8 Å². The van der Waals surface area contributed by atoms with Crippen molar-refractivity contribution in [3.8, 4) is 6.07 Å². The largest absolute Gasteiger partial charge is 0.480 e. The zero-order chi connectivity index (χ0) is 24.5. The number of aliphatic carboxylic acids is 1. The highest BCUT2D eigenvalue weighted by Crippen LogP contribution is 2.31. The van der Waals surface area contributed by atoms with Gasteiger partial charge in [-0.3, -0.25) is 9.59 Å². The molecule has 2 N–H and O–H groups in total. The van der Waals surface area contributed by atoms with Crippen LogP contribution < -0.4 is 5.32 Å². The van der Waals surface area contributed by atoms with Crippen LogP contribution in [-0.2, 0) is 22.7 Å². The number of fused-ring (bicyclic) bond motifs is 4. The molecule has 7 nitrogen and oxygen atoms in total. The van der Waals surface area contributed by atoms with Crippen LogP contribution in [0, 0.1) is 11.3 Å². The molecule has 0 saturated heterocycles. The number of para-hydroxylation sites is 2. The minimum Gasteiger partial charge on any atom is -0.480 e. The third-order valence-corrected chi connectivity index (χ3v) is 6.14. The number of aryl methyl sites for hydroxylation is 1. The lowest BCUT2D eigenvalue weighted by Gasteiger charge is -2.06. The fraction of sp³-hybridized carbons (Fsp3) is 0.107. The highest BCUT2D eigenvalue weighted by Gasteiger charge is 2.15. The normalized spacial score (nSPS) is 11.7. The molecule has 3 aromatic carbocycles. The molecule has 5 aromatic rings. The Morgan fingerprint density at radius 2 is 1.66 bits per heavy atom. The maximum Gasteiger partial charge on any atom is 0.323 e. The van der Waals surface area contributed by atoms with E-state index < -0.39 is 11.9 Å². The van der Waals surface area contributed by atoms with Gasteiger partial charge < -0.3 is 19.6 Å². The number of hydrogen-bond donors (Lipinski definition) is 2. The van der Waals surface area contributed by atoms with Gasteiger partial charge in [0.05, 0.1) is 0 Å². The summed E-state index contributed by atoms with van der Waals surface area (Å²) in [6.07, 6.45) is 3.15. The molecular formula is C28H22N4O3. The summed E-state index contributed by atoms with van der Waals surface area (Å²) < 4.78 is 3.82. The SMILES string of the molecule is CCn1c2ccccc2c2cc(NC(=O)/C(C#N)=C/c3cn(CC(=O)O)c4ccccc34)ccc21. The van der Waals surface area contributed by atoms with Crippen LogP contribution in [0.4, 0.5) is 5.69 Å². The number of rotatable bonds is 6. The van der Waals surface area contributed by atoms with Gasteiger partial charge in [-0.1, -0.05) is 36.4 Å². The summed E-state index contributed by atoms with van der Waals surface area (Å²) in [6, 6.07) is 23.1. The van der Waals surface area contributed by atoms with Crippen LogP contribution in [0.15, 0.2) is 78.5 Å². The van der Waals surface area contributed by atoms with Gasteiger partial charge in [0.1, 0.15) is 18.2 Å². The van der Waals surface area contributed by atoms with Crippen LogP contribution in [0.5, 0.6) is 0 Å². The number of carboxylic acids is 1. The Labute approximate surface area is 201 Å². The number of carboxylic acid groups (broad SMARTS) is 1. The van der Waals surface area contributed by atoms with E-state index in [0.29, 0.717) is 11.3 Å². The van der Waals surface area contributed by atoms with E-state index in [0.717, 1.165) is 39.3 Å². The summed E-state index contributed by atoms with van der Waals surface area (Å²) in [4.78, 5) is 24.3. The van der Waals surface area contributed by atoms with Gasteiger partial charge in [-0.15, -0.1) is 0 Å². The Morgan fingerprint density at radius 3 is 2.37 bits per heavy atom. The van der Waals surface area contributed by atoms with Crippen molar-refractivity contribution in [2.24, 2.45) is 0 Å². The molecule has 0 fully saturated rings. The number of anilines is 1. The molecule has 0 bridgehead atoms. The molecule has 35 heavy (non-hydrogen) atoms. The van der Waals surface area contributed by atoms with Gasteiger partial charge in [0.25, 0.3) is 5.91 Å². The second-order valence-electron chi connectivity index (χ2n) is 8.24. The number of benzene rings is 3. The van der Waals surface area contributed by atoms with Crippen LogP contribution in [0.1, 0.15) is 12.5 Å². The topological polar surface area (TPSA) is 100 Å². The first-order valence-corrected chi connectivity index (χ1v) is 11.2. The smallest absolute Gasteiger partial charge is 0.323 e. The number of nitrogens with one attached hydrogen (secondary N) is 1. The average molecular weight is 463 g/mol. The van der Waals surface area contributed by atoms with Crippen molar-refractivity contribution < 1.29 is 14.7 Å². The molecule has 0 aliphatic heterocycles. The van der Waals surface area contributed by atoms with Crippen molar-refractivity contribution in [1.82, 2.24) is 9.13 Å². The van der Waals surface area contributed by atoms with Gasteiger partial charge in [-0.25, -0.2) is 0 Å². The van der Waals surface area contributed by atoms with Crippen molar-refractivity contribution in [2.45, 2.75) is 20.0 Å². The quantitative estimate of drug-likeness (QED) is 0.261. The van der Waals surface area contributed by atoms with E-state index >= 15 is 0 Å². The van der Waals surface area contributed by atoms with Crippen molar-refractivity contribution in [1.29, 1.82) is 5.26 Å². The number of nitriles is 1. The van der Waals surface area contributed by atoms with E-state index in [2.05, 4.69) is 28.9 Å². The van der Waals surface area contributed by atoms with Crippen LogP contribution in [0.2, 0.25) is 0 Å². The first-order chi connectivity index (χ1) is 17.0. The number of hydrogen-bond acceptors (Lipinski definition) is 3. The van der Waals surface area contributed by atoms with E-state index in [-0.39, 0.29) is 12.1 Å². The molecule has 7 heteroatoms. The highest BCUT2D eigenvalue weighted by atomic mass is 16.4. The van der Waals surface area contributed by atoms with Crippen molar-refractivity contribution in [3.63, 3.8) is 0 Å². The van der Waals surface area contributed by atoms with E-state index in [9.17, 15) is 20.0 Å². The lowest BCUT2D eigenvalue weighted by molar-refractivity contribution is -0.137. The first kappa shape index (κ1) is 22.0. The second kappa shape index (κ2) is 8.84.